The van der Waals surface area contributed by atoms with Gasteiger partial charge in [-0.15, -0.1) is 0 Å². The lowest BCUT2D eigenvalue weighted by atomic mass is 10.2. The summed E-state index contributed by atoms with van der Waals surface area (Å²) in [5.74, 6) is -0.384. The lowest BCUT2D eigenvalue weighted by molar-refractivity contribution is 0.0915. The molecule has 16 heavy (non-hydrogen) atoms. The number of nitrogen functional groups attached to an aromatic ring is 1. The molecule has 1 rings (SSSR count). The van der Waals surface area contributed by atoms with Gasteiger partial charge in [0.25, 0.3) is 5.91 Å². The third-order valence-corrected chi connectivity index (χ3v) is 2.45. The molecule has 88 valence electrons. The molecule has 0 spiro atoms. The predicted octanol–water partition coefficient (Wildman–Crippen LogP) is 0.818. The number of aromatic nitrogens is 1. The fraction of sp³-hybridized carbons (Fsp3) is 0.400. The predicted molar refractivity (Wildman–Crippen MR) is 62.3 cm³/mol. The Morgan fingerprint density at radius 2 is 2.44 bits per heavy atom. The maximum Gasteiger partial charge on any atom is 0.254 e. The van der Waals surface area contributed by atoms with Crippen molar-refractivity contribution < 1.29 is 9.90 Å². The van der Waals surface area contributed by atoms with E-state index in [4.69, 9.17) is 22.4 Å². The van der Waals surface area contributed by atoms with Crippen molar-refractivity contribution in [1.82, 2.24) is 10.3 Å². The third-order valence-electron chi connectivity index (χ3n) is 2.15. The van der Waals surface area contributed by atoms with Gasteiger partial charge in [-0.1, -0.05) is 18.5 Å². The van der Waals surface area contributed by atoms with Crippen LogP contribution in [0.2, 0.25) is 5.15 Å². The van der Waals surface area contributed by atoms with E-state index in [9.17, 15) is 4.79 Å². The Bertz CT molecular complexity index is 380. The molecule has 6 heteroatoms. The lowest BCUT2D eigenvalue weighted by Gasteiger charge is -2.14. The molecule has 0 saturated heterocycles. The highest BCUT2D eigenvalue weighted by Gasteiger charge is 2.15. The lowest BCUT2D eigenvalue weighted by Crippen LogP contribution is -2.37. The smallest absolute Gasteiger partial charge is 0.254 e. The zero-order valence-electron chi connectivity index (χ0n) is 8.90. The number of hydrogen-bond donors (Lipinski definition) is 3. The van der Waals surface area contributed by atoms with Crippen molar-refractivity contribution >= 4 is 23.2 Å². The van der Waals surface area contributed by atoms with Gasteiger partial charge in [0.1, 0.15) is 5.15 Å². The van der Waals surface area contributed by atoms with E-state index < -0.39 is 0 Å². The zero-order valence-corrected chi connectivity index (χ0v) is 9.66. The third kappa shape index (κ3) is 3.08. The summed E-state index contributed by atoms with van der Waals surface area (Å²) < 4.78 is 0. The summed E-state index contributed by atoms with van der Waals surface area (Å²) in [6, 6.07) is 1.17. The number of carbonyl (C=O) groups excluding carboxylic acids is 1. The molecular weight excluding hydrogens is 230 g/mol. The molecule has 1 aromatic rings. The van der Waals surface area contributed by atoms with Gasteiger partial charge in [0, 0.05) is 0 Å². The van der Waals surface area contributed by atoms with E-state index in [1.807, 2.05) is 6.92 Å². The van der Waals surface area contributed by atoms with Crippen molar-refractivity contribution in [3.05, 3.63) is 23.0 Å². The molecule has 0 aliphatic heterocycles. The number of anilines is 1. The highest BCUT2D eigenvalue weighted by molar-refractivity contribution is 6.32. The second-order valence-electron chi connectivity index (χ2n) is 3.37. The van der Waals surface area contributed by atoms with Crippen molar-refractivity contribution in [2.75, 3.05) is 12.3 Å². The summed E-state index contributed by atoms with van der Waals surface area (Å²) in [6.45, 7) is 1.75. The van der Waals surface area contributed by atoms with Crippen LogP contribution in [0.4, 0.5) is 5.69 Å². The average molecular weight is 244 g/mol. The van der Waals surface area contributed by atoms with Gasteiger partial charge >= 0.3 is 0 Å². The van der Waals surface area contributed by atoms with Gasteiger partial charge in [-0.25, -0.2) is 4.98 Å². The van der Waals surface area contributed by atoms with Crippen LogP contribution in [-0.2, 0) is 0 Å². The number of hydrogen-bond acceptors (Lipinski definition) is 4. The number of nitrogens with one attached hydrogen (secondary N) is 1. The van der Waals surface area contributed by atoms with Crippen LogP contribution >= 0.6 is 11.6 Å². The summed E-state index contributed by atoms with van der Waals surface area (Å²) in [6.07, 6.45) is 2.01. The molecular formula is C10H14ClN3O2. The summed E-state index contributed by atoms with van der Waals surface area (Å²) >= 11 is 5.77. The van der Waals surface area contributed by atoms with Crippen molar-refractivity contribution in [3.63, 3.8) is 0 Å². The van der Waals surface area contributed by atoms with Gasteiger partial charge in [0.15, 0.2) is 0 Å². The summed E-state index contributed by atoms with van der Waals surface area (Å²) in [4.78, 5) is 15.5. The number of pyridine rings is 1. The first-order valence-corrected chi connectivity index (χ1v) is 5.29. The summed E-state index contributed by atoms with van der Waals surface area (Å²) in [5, 5.41) is 11.7. The van der Waals surface area contributed by atoms with E-state index in [0.29, 0.717) is 12.1 Å². The Labute approximate surface area is 98.6 Å². The molecule has 0 aliphatic rings. The quantitative estimate of drug-likeness (QED) is 0.683. The number of aliphatic hydroxyl groups is 1. The van der Waals surface area contributed by atoms with Crippen molar-refractivity contribution in [2.45, 2.75) is 19.4 Å². The molecule has 1 unspecified atom stereocenters. The Morgan fingerprint density at radius 3 is 3.00 bits per heavy atom. The van der Waals surface area contributed by atoms with Gasteiger partial charge in [-0.05, 0) is 12.5 Å². The molecule has 1 atom stereocenters. The summed E-state index contributed by atoms with van der Waals surface area (Å²) in [7, 11) is 0. The number of nitrogens with two attached hydrogens (primary N) is 1. The fourth-order valence-electron chi connectivity index (χ4n) is 1.16. The average Bonchev–Trinajstić information content (AvgIpc) is 2.28. The van der Waals surface area contributed by atoms with Crippen LogP contribution < -0.4 is 11.1 Å². The Balaban J connectivity index is 2.83. The molecule has 4 N–H and O–H groups in total. The molecule has 0 saturated carbocycles. The number of aliphatic hydroxyl groups excluding tert-OH is 1. The maximum atomic E-state index is 11.7. The number of halogens is 1. The Morgan fingerprint density at radius 1 is 1.75 bits per heavy atom. The molecule has 0 fully saturated rings. The maximum absolute atomic E-state index is 11.7. The number of amides is 1. The van der Waals surface area contributed by atoms with Gasteiger partial charge < -0.3 is 16.2 Å². The highest BCUT2D eigenvalue weighted by atomic mass is 35.5. The Hall–Kier alpha value is -1.33. The molecule has 0 radical (unpaired) electrons. The molecule has 5 nitrogen and oxygen atoms in total. The van der Waals surface area contributed by atoms with Crippen molar-refractivity contribution in [3.8, 4) is 0 Å². The van der Waals surface area contributed by atoms with Crippen LogP contribution in [0.5, 0.6) is 0 Å². The van der Waals surface area contributed by atoms with E-state index in [0.717, 1.165) is 0 Å². The fourth-order valence-corrected chi connectivity index (χ4v) is 1.35. The molecule has 0 aliphatic carbocycles. The number of rotatable bonds is 4. The largest absolute Gasteiger partial charge is 0.397 e. The van der Waals surface area contributed by atoms with Crippen LogP contribution in [0.1, 0.15) is 23.7 Å². The minimum absolute atomic E-state index is 0.0968. The molecule has 1 heterocycles. The van der Waals surface area contributed by atoms with E-state index >= 15 is 0 Å². The normalized spacial score (nSPS) is 12.2. The summed E-state index contributed by atoms with van der Waals surface area (Å²) in [5.41, 5.74) is 6.09. The molecule has 0 bridgehead atoms. The van der Waals surface area contributed by atoms with Crippen LogP contribution in [-0.4, -0.2) is 28.6 Å². The molecule has 1 amide bonds. The zero-order chi connectivity index (χ0) is 12.1. The van der Waals surface area contributed by atoms with Crippen LogP contribution in [0.15, 0.2) is 12.3 Å². The van der Waals surface area contributed by atoms with Crippen molar-refractivity contribution in [1.29, 1.82) is 0 Å². The topological polar surface area (TPSA) is 88.2 Å². The Kier molecular flexibility index (Phi) is 4.52. The number of carbonyl (C=O) groups is 1. The minimum Gasteiger partial charge on any atom is -0.397 e. The van der Waals surface area contributed by atoms with Gasteiger partial charge in [0.2, 0.25) is 0 Å². The second-order valence-corrected chi connectivity index (χ2v) is 3.73. The van der Waals surface area contributed by atoms with E-state index in [1.165, 1.54) is 12.3 Å². The van der Waals surface area contributed by atoms with Crippen LogP contribution in [0, 0.1) is 0 Å². The first-order valence-electron chi connectivity index (χ1n) is 4.91. The standard InChI is InChI=1S/C10H14ClN3O2/c1-2-7(5-15)14-10(16)8-3-6(12)4-13-9(8)11/h3-4,7,15H,2,5,12H2,1H3,(H,14,16). The number of nitrogens with zero attached hydrogens (tertiary/aromatic N) is 1. The monoisotopic (exact) mass is 243 g/mol. The second kappa shape index (κ2) is 5.67. The van der Waals surface area contributed by atoms with Crippen LogP contribution in [0.25, 0.3) is 0 Å². The van der Waals surface area contributed by atoms with E-state index in [1.54, 1.807) is 0 Å². The molecule has 0 aromatic carbocycles. The van der Waals surface area contributed by atoms with Gasteiger partial charge in [-0.3, -0.25) is 4.79 Å². The van der Waals surface area contributed by atoms with Gasteiger partial charge in [0.05, 0.1) is 30.1 Å². The first-order chi connectivity index (χ1) is 7.58. The minimum atomic E-state index is -0.384. The van der Waals surface area contributed by atoms with Crippen LogP contribution in [0.3, 0.4) is 0 Å². The molecule has 1 aromatic heterocycles. The SMILES string of the molecule is CCC(CO)NC(=O)c1cc(N)cnc1Cl. The van der Waals surface area contributed by atoms with Crippen molar-refractivity contribution in [2.24, 2.45) is 0 Å². The highest BCUT2D eigenvalue weighted by Crippen LogP contribution is 2.15. The van der Waals surface area contributed by atoms with Gasteiger partial charge in [-0.2, -0.15) is 0 Å². The van der Waals surface area contributed by atoms with E-state index in [2.05, 4.69) is 10.3 Å². The van der Waals surface area contributed by atoms with E-state index in [-0.39, 0.29) is 29.3 Å². The first kappa shape index (κ1) is 12.7.